The molecule has 0 spiro atoms. The van der Waals surface area contributed by atoms with Crippen LogP contribution in [0.5, 0.6) is 0 Å². The summed E-state index contributed by atoms with van der Waals surface area (Å²) in [5, 5.41) is 11.4. The number of benzene rings is 2. The average Bonchev–Trinajstić information content (AvgIpc) is 3.27. The van der Waals surface area contributed by atoms with Crippen LogP contribution < -0.4 is 10.6 Å². The first-order valence-electron chi connectivity index (χ1n) is 10.1. The van der Waals surface area contributed by atoms with E-state index in [-0.39, 0.29) is 29.7 Å². The van der Waals surface area contributed by atoms with Gasteiger partial charge in [0.25, 0.3) is 0 Å². The Labute approximate surface area is 180 Å². The molecule has 2 heterocycles. The van der Waals surface area contributed by atoms with Crippen LogP contribution in [-0.4, -0.2) is 46.0 Å². The largest absolute Gasteiger partial charge is 0.325 e. The van der Waals surface area contributed by atoms with Crippen molar-refractivity contribution in [2.45, 2.75) is 25.9 Å². The maximum atomic E-state index is 13.3. The third-order valence-electron chi connectivity index (χ3n) is 5.56. The number of rotatable bonds is 5. The van der Waals surface area contributed by atoms with Crippen molar-refractivity contribution in [1.82, 2.24) is 14.8 Å². The molecule has 0 saturated carbocycles. The van der Waals surface area contributed by atoms with E-state index < -0.39 is 0 Å². The zero-order valence-corrected chi connectivity index (χ0v) is 17.7. The average molecular weight is 420 g/mol. The summed E-state index contributed by atoms with van der Waals surface area (Å²) in [6, 6.07) is 11.1. The molecule has 4 rings (SSSR count). The van der Waals surface area contributed by atoms with Gasteiger partial charge in [-0.25, -0.2) is 9.07 Å². The normalized spacial score (nSPS) is 21.8. The molecule has 2 aromatic carbocycles. The molecule has 2 N–H and O–H groups in total. The summed E-state index contributed by atoms with van der Waals surface area (Å²) in [5.74, 6) is -0.655. The van der Waals surface area contributed by atoms with Crippen LogP contribution >= 0.6 is 0 Å². The predicted molar refractivity (Wildman–Crippen MR) is 121 cm³/mol. The van der Waals surface area contributed by atoms with Crippen LogP contribution in [0.25, 0.3) is 16.6 Å². The summed E-state index contributed by atoms with van der Waals surface area (Å²) in [6.07, 6.45) is 7.15. The van der Waals surface area contributed by atoms with E-state index in [1.165, 1.54) is 12.1 Å². The Morgan fingerprint density at radius 2 is 1.90 bits per heavy atom. The van der Waals surface area contributed by atoms with Crippen LogP contribution in [0.15, 0.2) is 66.0 Å². The van der Waals surface area contributed by atoms with E-state index >= 15 is 0 Å². The molecule has 3 aromatic rings. The third kappa shape index (κ3) is 3.82. The number of carbonyl (C=O) groups is 1. The molecule has 1 fully saturated rings. The first-order valence-corrected chi connectivity index (χ1v) is 10.1. The van der Waals surface area contributed by atoms with Gasteiger partial charge in [-0.3, -0.25) is 9.80 Å². The van der Waals surface area contributed by atoms with Gasteiger partial charge in [0.2, 0.25) is 5.91 Å². The van der Waals surface area contributed by atoms with E-state index in [1.54, 1.807) is 39.1 Å². The Bertz CT molecular complexity index is 1150. The lowest BCUT2D eigenvalue weighted by molar-refractivity contribution is -0.120. The highest BCUT2D eigenvalue weighted by Crippen LogP contribution is 2.32. The topological polar surface area (TPSA) is 79.8 Å². The van der Waals surface area contributed by atoms with Gasteiger partial charge in [0.05, 0.1) is 29.4 Å². The van der Waals surface area contributed by atoms with Crippen LogP contribution in [0, 0.1) is 11.7 Å². The van der Waals surface area contributed by atoms with Gasteiger partial charge in [-0.1, -0.05) is 13.0 Å². The number of carbonyl (C=O) groups excluding carboxylic acids is 1. The zero-order chi connectivity index (χ0) is 22.1. The number of hydrazone groups is 1. The minimum absolute atomic E-state index is 0.0390. The van der Waals surface area contributed by atoms with Crippen molar-refractivity contribution in [3.8, 4) is 5.69 Å². The van der Waals surface area contributed by atoms with Crippen molar-refractivity contribution >= 4 is 28.7 Å². The number of hydrogen-bond donors (Lipinski definition) is 1. The number of anilines is 1. The first-order chi connectivity index (χ1) is 14.9. The van der Waals surface area contributed by atoms with Gasteiger partial charge in [0, 0.05) is 36.6 Å². The summed E-state index contributed by atoms with van der Waals surface area (Å²) in [6.45, 7) is 3.75. The van der Waals surface area contributed by atoms with Crippen LogP contribution in [-0.2, 0) is 4.79 Å². The maximum Gasteiger partial charge on any atom is 0.232 e. The molecule has 0 bridgehead atoms. The molecule has 1 amide bonds. The number of nitrogens with zero attached hydrogens (tertiary/aromatic N) is 5. The minimum Gasteiger partial charge on any atom is -0.325 e. The summed E-state index contributed by atoms with van der Waals surface area (Å²) >= 11 is 0. The highest BCUT2D eigenvalue weighted by Gasteiger charge is 2.43. The third-order valence-corrected chi connectivity index (χ3v) is 5.56. The van der Waals surface area contributed by atoms with Gasteiger partial charge < -0.3 is 10.6 Å². The first kappa shape index (κ1) is 20.7. The SMILES string of the molecule is C/C=C\N(C)/N=C/[C@@H]1[C@@H](N)[C@H](C)C(=O)N1c1ccc2c(cnn2-c2ccc(F)cc2)c1. The lowest BCUT2D eigenvalue weighted by Crippen LogP contribution is -2.42. The number of allylic oxidation sites excluding steroid dienone is 1. The molecule has 1 aliphatic heterocycles. The smallest absolute Gasteiger partial charge is 0.232 e. The molecule has 0 radical (unpaired) electrons. The Morgan fingerprint density at radius 1 is 1.19 bits per heavy atom. The summed E-state index contributed by atoms with van der Waals surface area (Å²) in [7, 11) is 1.82. The molecule has 1 aliphatic rings. The number of hydrogen-bond acceptors (Lipinski definition) is 5. The molecule has 31 heavy (non-hydrogen) atoms. The fourth-order valence-corrected chi connectivity index (χ4v) is 3.85. The van der Waals surface area contributed by atoms with Crippen LogP contribution in [0.4, 0.5) is 10.1 Å². The number of amides is 1. The Kier molecular flexibility index (Phi) is 5.56. The minimum atomic E-state index is -0.368. The molecular formula is C23H25FN6O. The van der Waals surface area contributed by atoms with Crippen molar-refractivity contribution in [2.75, 3.05) is 11.9 Å². The standard InChI is InChI=1S/C23H25FN6O/c1-4-11-28(3)26-14-21-22(25)15(2)23(31)29(21)19-9-10-20-16(12-19)13-27-30(20)18-7-5-17(24)6-8-18/h4-15,21-22H,25H2,1-3H3/b11-4-,26-14+/t15-,21+,22-/m0/s1. The zero-order valence-electron chi connectivity index (χ0n) is 17.7. The van der Waals surface area contributed by atoms with Crippen molar-refractivity contribution in [2.24, 2.45) is 16.8 Å². The number of aromatic nitrogens is 2. The lowest BCUT2D eigenvalue weighted by Gasteiger charge is -2.24. The fourth-order valence-electron chi connectivity index (χ4n) is 3.85. The van der Waals surface area contributed by atoms with Gasteiger partial charge in [0.15, 0.2) is 0 Å². The molecule has 0 unspecified atom stereocenters. The van der Waals surface area contributed by atoms with Crippen molar-refractivity contribution in [1.29, 1.82) is 0 Å². The highest BCUT2D eigenvalue weighted by molar-refractivity contribution is 6.04. The number of halogens is 1. The van der Waals surface area contributed by atoms with Crippen LogP contribution in [0.2, 0.25) is 0 Å². The van der Waals surface area contributed by atoms with E-state index in [0.717, 1.165) is 22.3 Å². The Balaban J connectivity index is 1.70. The molecule has 3 atom stereocenters. The molecule has 1 saturated heterocycles. The van der Waals surface area contributed by atoms with E-state index in [1.807, 2.05) is 51.4 Å². The second kappa shape index (κ2) is 8.31. The van der Waals surface area contributed by atoms with E-state index in [9.17, 15) is 9.18 Å². The van der Waals surface area contributed by atoms with Gasteiger partial charge in [0.1, 0.15) is 5.82 Å². The lowest BCUT2D eigenvalue weighted by atomic mass is 10.0. The molecule has 160 valence electrons. The van der Waals surface area contributed by atoms with Crippen molar-refractivity contribution in [3.63, 3.8) is 0 Å². The van der Waals surface area contributed by atoms with Gasteiger partial charge >= 0.3 is 0 Å². The Hall–Kier alpha value is -3.52. The van der Waals surface area contributed by atoms with Crippen LogP contribution in [0.1, 0.15) is 13.8 Å². The summed E-state index contributed by atoms with van der Waals surface area (Å²) < 4.78 is 15.0. The van der Waals surface area contributed by atoms with Gasteiger partial charge in [-0.15, -0.1) is 0 Å². The summed E-state index contributed by atoms with van der Waals surface area (Å²) in [5.41, 5.74) is 8.72. The number of nitrogens with two attached hydrogens (primary N) is 1. The monoisotopic (exact) mass is 420 g/mol. The molecular weight excluding hydrogens is 395 g/mol. The maximum absolute atomic E-state index is 13.3. The fraction of sp³-hybridized carbons (Fsp3) is 0.261. The van der Waals surface area contributed by atoms with E-state index in [0.29, 0.717) is 0 Å². The van der Waals surface area contributed by atoms with Gasteiger partial charge in [-0.2, -0.15) is 10.2 Å². The second-order valence-electron chi connectivity index (χ2n) is 7.66. The highest BCUT2D eigenvalue weighted by atomic mass is 19.1. The summed E-state index contributed by atoms with van der Waals surface area (Å²) in [4.78, 5) is 14.7. The van der Waals surface area contributed by atoms with Crippen LogP contribution in [0.3, 0.4) is 0 Å². The molecule has 7 nitrogen and oxygen atoms in total. The quantitative estimate of drug-likeness (QED) is 0.507. The van der Waals surface area contributed by atoms with E-state index in [2.05, 4.69) is 10.2 Å². The van der Waals surface area contributed by atoms with Crippen molar-refractivity contribution in [3.05, 3.63) is 66.8 Å². The Morgan fingerprint density at radius 3 is 2.61 bits per heavy atom. The van der Waals surface area contributed by atoms with Crippen molar-refractivity contribution < 1.29 is 9.18 Å². The molecule has 8 heteroatoms. The molecule has 1 aromatic heterocycles. The van der Waals surface area contributed by atoms with Gasteiger partial charge in [-0.05, 0) is 49.4 Å². The second-order valence-corrected chi connectivity index (χ2v) is 7.66. The predicted octanol–water partition coefficient (Wildman–Crippen LogP) is 3.29. The van der Waals surface area contributed by atoms with E-state index in [4.69, 9.17) is 5.73 Å². The number of fused-ring (bicyclic) bond motifs is 1. The molecule has 0 aliphatic carbocycles.